The molecule has 10 heteroatoms. The first kappa shape index (κ1) is 26.6. The van der Waals surface area contributed by atoms with Crippen LogP contribution in [0.4, 0.5) is 23.0 Å². The highest BCUT2D eigenvalue weighted by molar-refractivity contribution is 6.02. The van der Waals surface area contributed by atoms with E-state index in [2.05, 4.69) is 57.4 Å². The van der Waals surface area contributed by atoms with Gasteiger partial charge in [0, 0.05) is 56.4 Å². The van der Waals surface area contributed by atoms with E-state index in [0.717, 1.165) is 40.9 Å². The number of carbonyl (C=O) groups is 1. The molecule has 4 rings (SSSR count). The van der Waals surface area contributed by atoms with Crippen LogP contribution in [0.5, 0.6) is 5.75 Å². The molecule has 0 atom stereocenters. The lowest BCUT2D eigenvalue weighted by Crippen LogP contribution is -2.33. The van der Waals surface area contributed by atoms with Crippen molar-refractivity contribution in [3.63, 3.8) is 0 Å². The zero-order chi connectivity index (χ0) is 27.2. The molecule has 4 aromatic rings. The monoisotopic (exact) mass is 514 g/mol. The molecular formula is C28H34N8O2. The maximum Gasteiger partial charge on any atom is 0.247 e. The minimum atomic E-state index is -0.305. The lowest BCUT2D eigenvalue weighted by molar-refractivity contribution is -0.111. The molecule has 0 aliphatic heterocycles. The Bertz CT molecular complexity index is 1450. The van der Waals surface area contributed by atoms with Gasteiger partial charge in [0.05, 0.1) is 41.6 Å². The van der Waals surface area contributed by atoms with Crippen LogP contribution in [0.15, 0.2) is 61.4 Å². The van der Waals surface area contributed by atoms with E-state index in [9.17, 15) is 4.79 Å². The van der Waals surface area contributed by atoms with E-state index in [1.165, 1.54) is 6.08 Å². The molecule has 2 aromatic carbocycles. The summed E-state index contributed by atoms with van der Waals surface area (Å²) in [6.45, 7) is 9.31. The minimum Gasteiger partial charge on any atom is -0.494 e. The van der Waals surface area contributed by atoms with Gasteiger partial charge in [0.25, 0.3) is 0 Å². The predicted molar refractivity (Wildman–Crippen MR) is 153 cm³/mol. The number of amides is 1. The molecule has 38 heavy (non-hydrogen) atoms. The summed E-state index contributed by atoms with van der Waals surface area (Å²) in [4.78, 5) is 23.4. The quantitative estimate of drug-likeness (QED) is 0.254. The van der Waals surface area contributed by atoms with Gasteiger partial charge in [0.1, 0.15) is 5.75 Å². The molecule has 10 nitrogen and oxygen atoms in total. The highest BCUT2D eigenvalue weighted by Crippen LogP contribution is 2.38. The van der Waals surface area contributed by atoms with Gasteiger partial charge >= 0.3 is 0 Å². The molecule has 0 saturated heterocycles. The summed E-state index contributed by atoms with van der Waals surface area (Å²) < 4.78 is 7.54. The maximum absolute atomic E-state index is 12.2. The number of anilines is 4. The molecule has 0 saturated carbocycles. The normalized spacial score (nSPS) is 11.0. The van der Waals surface area contributed by atoms with Crippen molar-refractivity contribution in [2.75, 3.05) is 42.8 Å². The Labute approximate surface area is 222 Å². The number of nitrogens with zero attached hydrogens (tertiary/aromatic N) is 5. The minimum absolute atomic E-state index is 0.305. The standard InChI is InChI=1S/C28H34N8O2/c1-7-27(37)32-22-15-23(26(38-6)16-25(22)35(4)13-12-29-18(2)3)34-28-30-11-10-21(33-28)19-8-9-24-20(14-19)17-31-36(24)5/h7-11,14-18,29H,1,12-13H2,2-6H3,(H,32,37)(H,30,33,34). The van der Waals surface area contributed by atoms with Crippen LogP contribution >= 0.6 is 0 Å². The number of hydrogen-bond acceptors (Lipinski definition) is 8. The number of nitrogens with one attached hydrogen (secondary N) is 3. The topological polar surface area (TPSA) is 109 Å². The van der Waals surface area contributed by atoms with Crippen LogP contribution in [0.25, 0.3) is 22.2 Å². The van der Waals surface area contributed by atoms with E-state index in [4.69, 9.17) is 9.72 Å². The van der Waals surface area contributed by atoms with Crippen molar-refractivity contribution < 1.29 is 9.53 Å². The maximum atomic E-state index is 12.2. The lowest BCUT2D eigenvalue weighted by atomic mass is 10.1. The zero-order valence-corrected chi connectivity index (χ0v) is 22.4. The van der Waals surface area contributed by atoms with E-state index in [1.807, 2.05) is 55.3 Å². The first-order chi connectivity index (χ1) is 18.3. The van der Waals surface area contributed by atoms with Crippen LogP contribution < -0.4 is 25.6 Å². The smallest absolute Gasteiger partial charge is 0.247 e. The van der Waals surface area contributed by atoms with Gasteiger partial charge in [-0.25, -0.2) is 9.97 Å². The molecule has 2 aromatic heterocycles. The number of fused-ring (bicyclic) bond motifs is 1. The fraction of sp³-hybridized carbons (Fsp3) is 0.286. The van der Waals surface area contributed by atoms with Crippen LogP contribution in [0.2, 0.25) is 0 Å². The second kappa shape index (κ2) is 11.7. The van der Waals surface area contributed by atoms with Gasteiger partial charge < -0.3 is 25.6 Å². The Morgan fingerprint density at radius 2 is 2.03 bits per heavy atom. The van der Waals surface area contributed by atoms with E-state index in [0.29, 0.717) is 29.1 Å². The molecule has 0 fully saturated rings. The number of rotatable bonds is 11. The third-order valence-corrected chi connectivity index (χ3v) is 6.12. The average Bonchev–Trinajstić information content (AvgIpc) is 3.28. The van der Waals surface area contributed by atoms with Crippen molar-refractivity contribution in [1.82, 2.24) is 25.1 Å². The first-order valence-electron chi connectivity index (χ1n) is 12.4. The highest BCUT2D eigenvalue weighted by atomic mass is 16.5. The number of likely N-dealkylation sites (N-methyl/N-ethyl adjacent to an activating group) is 1. The van der Waals surface area contributed by atoms with Gasteiger partial charge in [-0.05, 0) is 30.3 Å². The summed E-state index contributed by atoms with van der Waals surface area (Å²) in [6.07, 6.45) is 4.78. The molecule has 3 N–H and O–H groups in total. The number of ether oxygens (including phenoxy) is 1. The Morgan fingerprint density at radius 1 is 1.21 bits per heavy atom. The van der Waals surface area contributed by atoms with Crippen LogP contribution in [0.1, 0.15) is 13.8 Å². The Kier molecular flexibility index (Phi) is 8.22. The average molecular weight is 515 g/mol. The number of aryl methyl sites for hydroxylation is 1. The van der Waals surface area contributed by atoms with Crippen molar-refractivity contribution in [3.05, 3.63) is 61.4 Å². The lowest BCUT2D eigenvalue weighted by Gasteiger charge is -2.25. The third kappa shape index (κ3) is 6.09. The van der Waals surface area contributed by atoms with Crippen LogP contribution in [0, 0.1) is 0 Å². The number of benzene rings is 2. The van der Waals surface area contributed by atoms with Gasteiger partial charge in [0.2, 0.25) is 11.9 Å². The third-order valence-electron chi connectivity index (χ3n) is 6.12. The van der Waals surface area contributed by atoms with E-state index in [1.54, 1.807) is 13.3 Å². The van der Waals surface area contributed by atoms with Crippen molar-refractivity contribution in [2.24, 2.45) is 7.05 Å². The molecule has 0 aliphatic carbocycles. The molecule has 0 unspecified atom stereocenters. The number of aromatic nitrogens is 4. The molecule has 198 valence electrons. The molecule has 0 bridgehead atoms. The molecule has 0 aliphatic rings. The van der Waals surface area contributed by atoms with E-state index < -0.39 is 0 Å². The van der Waals surface area contributed by atoms with Crippen molar-refractivity contribution in [2.45, 2.75) is 19.9 Å². The van der Waals surface area contributed by atoms with Gasteiger partial charge in [-0.3, -0.25) is 9.48 Å². The van der Waals surface area contributed by atoms with Crippen LogP contribution in [-0.4, -0.2) is 58.9 Å². The van der Waals surface area contributed by atoms with Gasteiger partial charge in [-0.2, -0.15) is 5.10 Å². The number of hydrogen-bond donors (Lipinski definition) is 3. The van der Waals surface area contributed by atoms with Crippen LogP contribution in [0.3, 0.4) is 0 Å². The fourth-order valence-electron chi connectivity index (χ4n) is 4.10. The molecule has 0 spiro atoms. The SMILES string of the molecule is C=CC(=O)Nc1cc(Nc2nccc(-c3ccc4c(cnn4C)c3)n2)c(OC)cc1N(C)CCNC(C)C. The second-order valence-electron chi connectivity index (χ2n) is 9.23. The largest absolute Gasteiger partial charge is 0.494 e. The Morgan fingerprint density at radius 3 is 2.76 bits per heavy atom. The van der Waals surface area contributed by atoms with Crippen molar-refractivity contribution in [3.8, 4) is 17.0 Å². The second-order valence-corrected chi connectivity index (χ2v) is 9.23. The van der Waals surface area contributed by atoms with E-state index >= 15 is 0 Å². The highest BCUT2D eigenvalue weighted by Gasteiger charge is 2.17. The van der Waals surface area contributed by atoms with Gasteiger partial charge in [-0.1, -0.05) is 26.5 Å². The van der Waals surface area contributed by atoms with Crippen LogP contribution in [-0.2, 0) is 11.8 Å². The number of methoxy groups -OCH3 is 1. The summed E-state index contributed by atoms with van der Waals surface area (Å²) in [6, 6.07) is 12.0. The molecule has 2 heterocycles. The molecule has 1 amide bonds. The van der Waals surface area contributed by atoms with Gasteiger partial charge in [0.15, 0.2) is 0 Å². The Balaban J connectivity index is 1.65. The van der Waals surface area contributed by atoms with Crippen molar-refractivity contribution >= 4 is 39.8 Å². The molecule has 0 radical (unpaired) electrons. The molecular weight excluding hydrogens is 480 g/mol. The zero-order valence-electron chi connectivity index (χ0n) is 22.4. The van der Waals surface area contributed by atoms with E-state index in [-0.39, 0.29) is 5.91 Å². The Hall–Kier alpha value is -4.44. The first-order valence-corrected chi connectivity index (χ1v) is 12.4. The fourth-order valence-corrected chi connectivity index (χ4v) is 4.10. The number of carbonyl (C=O) groups excluding carboxylic acids is 1. The summed E-state index contributed by atoms with van der Waals surface area (Å²) in [5.41, 5.74) is 4.81. The van der Waals surface area contributed by atoms with Gasteiger partial charge in [-0.15, -0.1) is 0 Å². The predicted octanol–water partition coefficient (Wildman–Crippen LogP) is 4.34. The summed E-state index contributed by atoms with van der Waals surface area (Å²) in [5.74, 6) is 0.682. The summed E-state index contributed by atoms with van der Waals surface area (Å²) in [5, 5.41) is 14.9. The summed E-state index contributed by atoms with van der Waals surface area (Å²) >= 11 is 0. The van der Waals surface area contributed by atoms with Crippen molar-refractivity contribution in [1.29, 1.82) is 0 Å². The summed E-state index contributed by atoms with van der Waals surface area (Å²) in [7, 11) is 5.49.